The number of carbonyl (C=O) groups excluding carboxylic acids is 3. The van der Waals surface area contributed by atoms with Crippen molar-refractivity contribution in [1.82, 2.24) is 0 Å². The molecule has 2 heterocycles. The van der Waals surface area contributed by atoms with Gasteiger partial charge in [0.15, 0.2) is 17.3 Å². The molecule has 1 saturated heterocycles. The molecule has 7 heteroatoms. The molecule has 3 atom stereocenters. The van der Waals surface area contributed by atoms with Crippen LogP contribution in [-0.2, 0) is 4.79 Å². The number of rotatable bonds is 4. The fourth-order valence-corrected chi connectivity index (χ4v) is 6.81. The number of halogens is 1. The smallest absolute Gasteiger partial charge is 0.180 e. The first-order valence-electron chi connectivity index (χ1n) is 13.3. The Morgan fingerprint density at radius 2 is 1.60 bits per heavy atom. The van der Waals surface area contributed by atoms with Crippen molar-refractivity contribution < 1.29 is 28.2 Å². The Labute approximate surface area is 232 Å². The van der Waals surface area contributed by atoms with Crippen LogP contribution in [-0.4, -0.2) is 43.7 Å². The van der Waals surface area contributed by atoms with Crippen LogP contribution >= 0.6 is 0 Å². The van der Waals surface area contributed by atoms with Crippen LogP contribution in [0, 0.1) is 16.6 Å². The van der Waals surface area contributed by atoms with Crippen LogP contribution in [0.1, 0.15) is 58.5 Å². The average Bonchev–Trinajstić information content (AvgIpc) is 3.37. The molecule has 3 aromatic carbocycles. The van der Waals surface area contributed by atoms with Crippen LogP contribution in [0.4, 0.5) is 10.1 Å². The van der Waals surface area contributed by atoms with Crippen LogP contribution < -0.4 is 14.4 Å². The Kier molecular flexibility index (Phi) is 5.77. The van der Waals surface area contributed by atoms with Crippen LogP contribution in [0.25, 0.3) is 6.08 Å². The van der Waals surface area contributed by atoms with Crippen molar-refractivity contribution in [2.75, 3.05) is 19.1 Å². The molecule has 40 heavy (non-hydrogen) atoms. The van der Waals surface area contributed by atoms with E-state index in [9.17, 15) is 18.8 Å². The SMILES string of the molecule is COc1ccc([C@@H]2[C@@H](C(=O)C(C)(C)C)N3c4ccc(F)cc4C=C[C@@H]3C23C(=O)c2ccccc2C3=O)c(OC)c1. The van der Waals surface area contributed by atoms with E-state index in [1.54, 1.807) is 67.8 Å². The van der Waals surface area contributed by atoms with E-state index in [-0.39, 0.29) is 17.3 Å². The van der Waals surface area contributed by atoms with Crippen LogP contribution in [0.5, 0.6) is 11.5 Å². The van der Waals surface area contributed by atoms with Crippen molar-refractivity contribution in [2.24, 2.45) is 10.8 Å². The first kappa shape index (κ1) is 26.0. The maximum atomic E-state index is 14.7. The van der Waals surface area contributed by atoms with Gasteiger partial charge in [-0.25, -0.2) is 4.39 Å². The summed E-state index contributed by atoms with van der Waals surface area (Å²) >= 11 is 0. The number of carbonyl (C=O) groups is 3. The largest absolute Gasteiger partial charge is 0.497 e. The highest BCUT2D eigenvalue weighted by Gasteiger charge is 2.72. The summed E-state index contributed by atoms with van der Waals surface area (Å²) in [7, 11) is 3.05. The van der Waals surface area contributed by atoms with Gasteiger partial charge >= 0.3 is 0 Å². The third-order valence-corrected chi connectivity index (χ3v) is 8.55. The average molecular weight is 540 g/mol. The van der Waals surface area contributed by atoms with E-state index in [1.165, 1.54) is 19.2 Å². The van der Waals surface area contributed by atoms with E-state index < -0.39 is 34.6 Å². The van der Waals surface area contributed by atoms with E-state index in [0.29, 0.717) is 39.4 Å². The number of nitrogens with zero attached hydrogens (tertiary/aromatic N) is 1. The summed E-state index contributed by atoms with van der Waals surface area (Å²) < 4.78 is 25.6. The highest BCUT2D eigenvalue weighted by atomic mass is 19.1. The Hall–Kier alpha value is -4.26. The van der Waals surface area contributed by atoms with Crippen molar-refractivity contribution in [3.63, 3.8) is 0 Å². The molecule has 204 valence electrons. The lowest BCUT2D eigenvalue weighted by molar-refractivity contribution is -0.127. The Balaban J connectivity index is 1.72. The Morgan fingerprint density at radius 3 is 2.20 bits per heavy atom. The molecule has 1 aliphatic carbocycles. The maximum Gasteiger partial charge on any atom is 0.180 e. The number of fused-ring (bicyclic) bond motifs is 5. The molecule has 0 saturated carbocycles. The van der Waals surface area contributed by atoms with Gasteiger partial charge in [0.05, 0.1) is 26.3 Å². The molecule has 0 aromatic heterocycles. The van der Waals surface area contributed by atoms with Gasteiger partial charge in [-0.2, -0.15) is 0 Å². The lowest BCUT2D eigenvalue weighted by Gasteiger charge is -2.38. The monoisotopic (exact) mass is 539 g/mol. The topological polar surface area (TPSA) is 72.9 Å². The van der Waals surface area contributed by atoms with Crippen LogP contribution in [0.15, 0.2) is 66.7 Å². The lowest BCUT2D eigenvalue weighted by atomic mass is 9.63. The summed E-state index contributed by atoms with van der Waals surface area (Å²) in [5.41, 5.74) is -0.0542. The third-order valence-electron chi connectivity index (χ3n) is 8.55. The second-order valence-electron chi connectivity index (χ2n) is 11.6. The van der Waals surface area contributed by atoms with Gasteiger partial charge in [0.2, 0.25) is 0 Å². The molecule has 0 radical (unpaired) electrons. The quantitative estimate of drug-likeness (QED) is 0.385. The van der Waals surface area contributed by atoms with E-state index in [2.05, 4.69) is 0 Å². The highest BCUT2D eigenvalue weighted by molar-refractivity contribution is 6.32. The molecule has 0 bridgehead atoms. The molecular weight excluding hydrogens is 509 g/mol. The number of anilines is 1. The molecule has 2 aliphatic heterocycles. The minimum absolute atomic E-state index is 0.139. The van der Waals surface area contributed by atoms with Gasteiger partial charge in [0.25, 0.3) is 0 Å². The summed E-state index contributed by atoms with van der Waals surface area (Å²) in [6, 6.07) is 14.7. The van der Waals surface area contributed by atoms with Crippen molar-refractivity contribution in [2.45, 2.75) is 38.8 Å². The zero-order chi connectivity index (χ0) is 28.6. The van der Waals surface area contributed by atoms with Gasteiger partial charge in [-0.3, -0.25) is 14.4 Å². The van der Waals surface area contributed by atoms with E-state index in [4.69, 9.17) is 9.47 Å². The number of ether oxygens (including phenoxy) is 2. The minimum Gasteiger partial charge on any atom is -0.497 e. The number of benzene rings is 3. The number of methoxy groups -OCH3 is 2. The minimum atomic E-state index is -1.65. The molecule has 0 amide bonds. The van der Waals surface area contributed by atoms with Gasteiger partial charge in [-0.1, -0.05) is 63.3 Å². The Bertz CT molecular complexity index is 1580. The molecule has 3 aliphatic rings. The second-order valence-corrected chi connectivity index (χ2v) is 11.6. The molecule has 1 fully saturated rings. The fraction of sp³-hybridized carbons (Fsp3) is 0.303. The number of hydrogen-bond acceptors (Lipinski definition) is 6. The molecule has 0 N–H and O–H groups in total. The second kappa shape index (κ2) is 8.88. The standard InChI is InChI=1S/C33H30FNO5/c1-32(2,3)31(38)28-27(23-13-12-20(39-4)17-25(23)40-5)33(29(36)21-8-6-7-9-22(21)30(33)37)26-15-10-18-16-19(34)11-14-24(18)35(26)28/h6-17,26-28H,1-5H3/t26-,27-,28+/m1/s1. The molecular formula is C33H30FNO5. The van der Waals surface area contributed by atoms with Gasteiger partial charge in [-0.15, -0.1) is 0 Å². The summed E-state index contributed by atoms with van der Waals surface area (Å²) in [5, 5.41) is 0. The van der Waals surface area contributed by atoms with Gasteiger partial charge in [0.1, 0.15) is 22.7 Å². The van der Waals surface area contributed by atoms with Crippen LogP contribution in [0.2, 0.25) is 0 Å². The summed E-state index contributed by atoms with van der Waals surface area (Å²) in [6.07, 6.45) is 3.53. The first-order chi connectivity index (χ1) is 19.0. The van der Waals surface area contributed by atoms with Gasteiger partial charge < -0.3 is 14.4 Å². The van der Waals surface area contributed by atoms with Gasteiger partial charge in [0, 0.05) is 45.3 Å². The van der Waals surface area contributed by atoms with Crippen molar-refractivity contribution in [3.8, 4) is 11.5 Å². The normalized spacial score (nSPS) is 22.2. The van der Waals surface area contributed by atoms with E-state index in [1.807, 2.05) is 25.7 Å². The third kappa shape index (κ3) is 3.36. The number of Topliss-reactive ketones (excluding diaryl/α,β-unsaturated/α-hetero) is 3. The van der Waals surface area contributed by atoms with Gasteiger partial charge in [-0.05, 0) is 24.3 Å². The lowest BCUT2D eigenvalue weighted by Crippen LogP contribution is -2.49. The predicted molar refractivity (Wildman–Crippen MR) is 150 cm³/mol. The zero-order valence-electron chi connectivity index (χ0n) is 23.0. The van der Waals surface area contributed by atoms with E-state index >= 15 is 0 Å². The number of ketones is 3. The summed E-state index contributed by atoms with van der Waals surface area (Å²) in [4.78, 5) is 45.7. The fourth-order valence-electron chi connectivity index (χ4n) is 6.81. The maximum absolute atomic E-state index is 14.7. The molecule has 3 aromatic rings. The molecule has 6 rings (SSSR count). The van der Waals surface area contributed by atoms with Crippen molar-refractivity contribution in [1.29, 1.82) is 0 Å². The van der Waals surface area contributed by atoms with Crippen molar-refractivity contribution >= 4 is 29.1 Å². The zero-order valence-corrected chi connectivity index (χ0v) is 23.0. The summed E-state index contributed by atoms with van der Waals surface area (Å²) in [6.45, 7) is 5.49. The molecule has 6 nitrogen and oxygen atoms in total. The summed E-state index contributed by atoms with van der Waals surface area (Å²) in [5.74, 6) is -1.16. The highest BCUT2D eigenvalue weighted by Crippen LogP contribution is 2.62. The molecule has 0 unspecified atom stereocenters. The van der Waals surface area contributed by atoms with Crippen LogP contribution in [0.3, 0.4) is 0 Å². The van der Waals surface area contributed by atoms with E-state index in [0.717, 1.165) is 0 Å². The number of hydrogen-bond donors (Lipinski definition) is 0. The Morgan fingerprint density at radius 1 is 0.925 bits per heavy atom. The molecule has 1 spiro atoms. The van der Waals surface area contributed by atoms with Crippen molar-refractivity contribution in [3.05, 3.63) is 94.8 Å². The predicted octanol–water partition coefficient (Wildman–Crippen LogP) is 5.89. The first-order valence-corrected chi connectivity index (χ1v) is 13.3.